The highest BCUT2D eigenvalue weighted by Crippen LogP contribution is 2.88. The van der Waals surface area contributed by atoms with Crippen molar-refractivity contribution in [2.45, 2.75) is 66.2 Å². The SMILES string of the molecule is CCC(C)CCCC1C2C3C4CC3C2C1(CC)C4C. The van der Waals surface area contributed by atoms with Gasteiger partial charge in [0, 0.05) is 0 Å². The van der Waals surface area contributed by atoms with E-state index in [1.807, 2.05) is 0 Å². The van der Waals surface area contributed by atoms with Crippen LogP contribution >= 0.6 is 0 Å². The third-order valence-electron chi connectivity index (χ3n) is 8.64. The highest BCUT2D eigenvalue weighted by atomic mass is 14.9. The van der Waals surface area contributed by atoms with Gasteiger partial charge in [-0.3, -0.25) is 0 Å². The molecule has 0 aliphatic heterocycles. The van der Waals surface area contributed by atoms with E-state index in [0.717, 1.165) is 29.1 Å². The van der Waals surface area contributed by atoms with Gasteiger partial charge in [-0.1, -0.05) is 47.0 Å². The van der Waals surface area contributed by atoms with E-state index >= 15 is 0 Å². The molecule has 6 saturated carbocycles. The Labute approximate surface area is 119 Å². The van der Waals surface area contributed by atoms with Crippen molar-refractivity contribution in [2.75, 3.05) is 0 Å². The van der Waals surface area contributed by atoms with E-state index in [4.69, 9.17) is 0 Å². The number of hydrogen-bond donors (Lipinski definition) is 0. The largest absolute Gasteiger partial charge is 0.0651 e. The van der Waals surface area contributed by atoms with E-state index < -0.39 is 0 Å². The first-order valence-corrected chi connectivity index (χ1v) is 9.16. The predicted octanol–water partition coefficient (Wildman–Crippen LogP) is 5.38. The molecule has 19 heavy (non-hydrogen) atoms. The standard InChI is InChI=1S/C19H32/c1-5-11(3)8-7-9-15-17-16-13-10-14(16)18(17)19(15,6-2)12(13)4/h11-18H,5-10H2,1-4H3. The van der Waals surface area contributed by atoms with Crippen LogP contribution in [0.3, 0.4) is 0 Å². The molecule has 0 N–H and O–H groups in total. The first kappa shape index (κ1) is 12.7. The Hall–Kier alpha value is 0. The lowest BCUT2D eigenvalue weighted by Gasteiger charge is -2.88. The smallest absolute Gasteiger partial charge is 0.0207 e. The summed E-state index contributed by atoms with van der Waals surface area (Å²) in [6, 6.07) is 0. The number of rotatable bonds is 6. The molecule has 6 aliphatic carbocycles. The Morgan fingerprint density at radius 3 is 2.58 bits per heavy atom. The van der Waals surface area contributed by atoms with Crippen LogP contribution in [0.2, 0.25) is 0 Å². The van der Waals surface area contributed by atoms with E-state index in [1.54, 1.807) is 12.8 Å². The minimum Gasteiger partial charge on any atom is -0.0651 e. The lowest BCUT2D eigenvalue weighted by Crippen LogP contribution is -2.84. The Balaban J connectivity index is 1.44. The fourth-order valence-electron chi connectivity index (χ4n) is 7.60. The molecule has 0 saturated heterocycles. The van der Waals surface area contributed by atoms with Crippen LogP contribution in [0.1, 0.15) is 66.2 Å². The minimum absolute atomic E-state index is 0.822. The molecule has 9 unspecified atom stereocenters. The average Bonchev–Trinajstić information content (AvgIpc) is 2.39. The molecule has 9 atom stereocenters. The third-order valence-corrected chi connectivity index (χ3v) is 8.64. The van der Waals surface area contributed by atoms with Crippen LogP contribution in [0.25, 0.3) is 0 Å². The summed E-state index contributed by atoms with van der Waals surface area (Å²) in [5, 5.41) is 0. The molecule has 0 aromatic heterocycles. The lowest BCUT2D eigenvalue weighted by atomic mass is 9.16. The fraction of sp³-hybridized carbons (Fsp3) is 1.00. The van der Waals surface area contributed by atoms with E-state index in [2.05, 4.69) is 27.7 Å². The van der Waals surface area contributed by atoms with Crippen molar-refractivity contribution < 1.29 is 0 Å². The second-order valence-corrected chi connectivity index (χ2v) is 8.55. The zero-order chi connectivity index (χ0) is 13.4. The molecule has 0 amide bonds. The van der Waals surface area contributed by atoms with Crippen molar-refractivity contribution >= 4 is 0 Å². The minimum atomic E-state index is 0.822. The van der Waals surface area contributed by atoms with Crippen LogP contribution in [-0.4, -0.2) is 0 Å². The first-order valence-electron chi connectivity index (χ1n) is 9.16. The first-order chi connectivity index (χ1) is 9.16. The Morgan fingerprint density at radius 2 is 1.95 bits per heavy atom. The maximum atomic E-state index is 2.63. The van der Waals surface area contributed by atoms with E-state index in [9.17, 15) is 0 Å². The van der Waals surface area contributed by atoms with Crippen LogP contribution in [0.4, 0.5) is 0 Å². The molecule has 0 nitrogen and oxygen atoms in total. The van der Waals surface area contributed by atoms with Gasteiger partial charge in [-0.05, 0) is 72.0 Å². The Bertz CT molecular complexity index is 368. The monoisotopic (exact) mass is 260 g/mol. The molecule has 0 spiro atoms. The van der Waals surface area contributed by atoms with Crippen molar-refractivity contribution in [3.63, 3.8) is 0 Å². The third kappa shape index (κ3) is 1.24. The molecule has 6 fully saturated rings. The van der Waals surface area contributed by atoms with Crippen LogP contribution in [0.15, 0.2) is 0 Å². The summed E-state index contributed by atoms with van der Waals surface area (Å²) in [5.41, 5.74) is 0.822. The summed E-state index contributed by atoms with van der Waals surface area (Å²) in [4.78, 5) is 0. The highest BCUT2D eigenvalue weighted by molar-refractivity contribution is 5.30. The molecule has 6 rings (SSSR count). The normalized spacial score (nSPS) is 57.8. The van der Waals surface area contributed by atoms with Gasteiger partial charge in [-0.15, -0.1) is 0 Å². The lowest BCUT2D eigenvalue weighted by molar-refractivity contribution is -0.413. The molecule has 0 aromatic rings. The van der Waals surface area contributed by atoms with Gasteiger partial charge in [0.15, 0.2) is 0 Å². The van der Waals surface area contributed by atoms with Gasteiger partial charge < -0.3 is 0 Å². The maximum absolute atomic E-state index is 2.63. The van der Waals surface area contributed by atoms with Gasteiger partial charge in [0.1, 0.15) is 0 Å². The molecule has 6 aliphatic rings. The molecule has 0 radical (unpaired) electrons. The predicted molar refractivity (Wildman–Crippen MR) is 80.8 cm³/mol. The van der Waals surface area contributed by atoms with Crippen molar-refractivity contribution in [1.29, 1.82) is 0 Å². The maximum Gasteiger partial charge on any atom is -0.0207 e. The van der Waals surface area contributed by atoms with Gasteiger partial charge in [-0.25, -0.2) is 0 Å². The highest BCUT2D eigenvalue weighted by Gasteiger charge is 2.83. The van der Waals surface area contributed by atoms with Crippen molar-refractivity contribution in [1.82, 2.24) is 0 Å². The zero-order valence-corrected chi connectivity index (χ0v) is 13.4. The van der Waals surface area contributed by atoms with Crippen molar-refractivity contribution in [3.05, 3.63) is 0 Å². The van der Waals surface area contributed by atoms with Crippen LogP contribution in [0.5, 0.6) is 0 Å². The van der Waals surface area contributed by atoms with E-state index in [1.165, 1.54) is 49.4 Å². The van der Waals surface area contributed by atoms with Crippen molar-refractivity contribution in [2.24, 2.45) is 52.8 Å². The summed E-state index contributed by atoms with van der Waals surface area (Å²) in [6.07, 6.45) is 9.05. The molecule has 6 bridgehead atoms. The van der Waals surface area contributed by atoms with Gasteiger partial charge >= 0.3 is 0 Å². The summed E-state index contributed by atoms with van der Waals surface area (Å²) >= 11 is 0. The van der Waals surface area contributed by atoms with E-state index in [0.29, 0.717) is 0 Å². The van der Waals surface area contributed by atoms with Crippen LogP contribution in [0, 0.1) is 52.8 Å². The van der Waals surface area contributed by atoms with Gasteiger partial charge in [0.25, 0.3) is 0 Å². The molecular formula is C19H32. The molecular weight excluding hydrogens is 228 g/mol. The molecule has 0 heterocycles. The molecule has 108 valence electrons. The molecule has 0 aromatic carbocycles. The van der Waals surface area contributed by atoms with Crippen LogP contribution < -0.4 is 0 Å². The summed E-state index contributed by atoms with van der Waals surface area (Å²) in [5.74, 6) is 9.13. The second kappa shape index (κ2) is 4.01. The second-order valence-electron chi connectivity index (χ2n) is 8.55. The zero-order valence-electron chi connectivity index (χ0n) is 13.4. The van der Waals surface area contributed by atoms with Gasteiger partial charge in [0.05, 0.1) is 0 Å². The summed E-state index contributed by atoms with van der Waals surface area (Å²) in [6.45, 7) is 9.92. The summed E-state index contributed by atoms with van der Waals surface area (Å²) < 4.78 is 0. The van der Waals surface area contributed by atoms with Crippen molar-refractivity contribution in [3.8, 4) is 0 Å². The van der Waals surface area contributed by atoms with Crippen LogP contribution in [-0.2, 0) is 0 Å². The van der Waals surface area contributed by atoms with E-state index in [-0.39, 0.29) is 0 Å². The fourth-order valence-corrected chi connectivity index (χ4v) is 7.60. The Morgan fingerprint density at radius 1 is 1.16 bits per heavy atom. The summed E-state index contributed by atoms with van der Waals surface area (Å²) in [7, 11) is 0. The molecule has 0 heteroatoms. The van der Waals surface area contributed by atoms with Gasteiger partial charge in [0.2, 0.25) is 0 Å². The quantitative estimate of drug-likeness (QED) is 0.601. The Kier molecular flexibility index (Phi) is 2.69. The average molecular weight is 260 g/mol. The van der Waals surface area contributed by atoms with Gasteiger partial charge in [-0.2, -0.15) is 0 Å². The topological polar surface area (TPSA) is 0 Å². The number of hydrogen-bond acceptors (Lipinski definition) is 0.